The van der Waals surface area contributed by atoms with E-state index in [2.05, 4.69) is 15.5 Å². The van der Waals surface area contributed by atoms with Crippen LogP contribution in [0.25, 0.3) is 0 Å². The van der Waals surface area contributed by atoms with E-state index in [0.29, 0.717) is 17.1 Å². The number of rotatable bonds is 4. The van der Waals surface area contributed by atoms with Crippen LogP contribution < -0.4 is 11.1 Å². The van der Waals surface area contributed by atoms with E-state index in [1.807, 2.05) is 6.92 Å². The van der Waals surface area contributed by atoms with Gasteiger partial charge in [-0.1, -0.05) is 48.1 Å². The summed E-state index contributed by atoms with van der Waals surface area (Å²) < 4.78 is 0. The van der Waals surface area contributed by atoms with Gasteiger partial charge < -0.3 is 11.1 Å². The summed E-state index contributed by atoms with van der Waals surface area (Å²) in [5, 5.41) is 10.1. The molecule has 21 heavy (non-hydrogen) atoms. The third-order valence-electron chi connectivity index (χ3n) is 2.84. The number of aryl methyl sites for hydroxylation is 1. The van der Waals surface area contributed by atoms with E-state index in [1.54, 1.807) is 0 Å². The Morgan fingerprint density at radius 3 is 2.52 bits per heavy atom. The predicted octanol–water partition coefficient (Wildman–Crippen LogP) is 4.16. The monoisotopic (exact) mass is 346 g/mol. The second-order valence-corrected chi connectivity index (χ2v) is 5.66. The Kier molecular flexibility index (Phi) is 4.98. The number of carbonyl (C=O) groups is 1. The molecule has 1 heterocycles. The summed E-state index contributed by atoms with van der Waals surface area (Å²) in [4.78, 5) is 12.2. The summed E-state index contributed by atoms with van der Waals surface area (Å²) >= 11 is 17.9. The van der Waals surface area contributed by atoms with Crippen LogP contribution in [0.5, 0.6) is 0 Å². The molecule has 1 aromatic carbocycles. The van der Waals surface area contributed by atoms with Gasteiger partial charge in [0, 0.05) is 5.02 Å². The van der Waals surface area contributed by atoms with Crippen LogP contribution in [0.2, 0.25) is 15.1 Å². The van der Waals surface area contributed by atoms with Crippen molar-refractivity contribution in [3.05, 3.63) is 38.6 Å². The van der Waals surface area contributed by atoms with Crippen LogP contribution in [0.3, 0.4) is 0 Å². The van der Waals surface area contributed by atoms with Crippen molar-refractivity contribution < 1.29 is 4.79 Å². The van der Waals surface area contributed by atoms with Gasteiger partial charge in [-0.15, -0.1) is 0 Å². The van der Waals surface area contributed by atoms with E-state index < -0.39 is 5.91 Å². The minimum Gasteiger partial charge on any atom is -0.395 e. The molecule has 0 aliphatic carbocycles. The van der Waals surface area contributed by atoms with E-state index in [0.717, 1.165) is 12.1 Å². The Hall–Kier alpha value is -1.43. The quantitative estimate of drug-likeness (QED) is 0.776. The van der Waals surface area contributed by atoms with Crippen LogP contribution in [0.4, 0.5) is 11.4 Å². The minimum atomic E-state index is -0.489. The Labute approximate surface area is 136 Å². The van der Waals surface area contributed by atoms with Crippen molar-refractivity contribution in [3.8, 4) is 0 Å². The fourth-order valence-corrected chi connectivity index (χ4v) is 2.75. The number of H-pyrrole nitrogens is 1. The summed E-state index contributed by atoms with van der Waals surface area (Å²) in [5.41, 5.74) is 7.35. The smallest absolute Gasteiger partial charge is 0.278 e. The fourth-order valence-electron chi connectivity index (χ4n) is 1.83. The van der Waals surface area contributed by atoms with Crippen molar-refractivity contribution in [2.24, 2.45) is 0 Å². The van der Waals surface area contributed by atoms with Crippen molar-refractivity contribution in [3.63, 3.8) is 0 Å². The maximum Gasteiger partial charge on any atom is 0.278 e. The molecule has 0 saturated carbocycles. The average molecular weight is 348 g/mol. The first kappa shape index (κ1) is 15.9. The Morgan fingerprint density at radius 2 is 1.95 bits per heavy atom. The van der Waals surface area contributed by atoms with Crippen molar-refractivity contribution in [1.29, 1.82) is 0 Å². The number of aromatic nitrogens is 2. The molecule has 2 aromatic rings. The second kappa shape index (κ2) is 6.56. The van der Waals surface area contributed by atoms with Gasteiger partial charge in [-0.2, -0.15) is 5.10 Å². The van der Waals surface area contributed by atoms with Crippen LogP contribution in [0.1, 0.15) is 29.5 Å². The van der Waals surface area contributed by atoms with Crippen LogP contribution >= 0.6 is 34.8 Å². The molecule has 112 valence electrons. The van der Waals surface area contributed by atoms with Gasteiger partial charge in [0.05, 0.1) is 27.1 Å². The summed E-state index contributed by atoms with van der Waals surface area (Å²) in [7, 11) is 0. The summed E-state index contributed by atoms with van der Waals surface area (Å²) in [6.07, 6.45) is 1.61. The number of hydrogen-bond acceptors (Lipinski definition) is 3. The third-order valence-corrected chi connectivity index (χ3v) is 3.66. The van der Waals surface area contributed by atoms with E-state index in [4.69, 9.17) is 40.5 Å². The first-order valence-corrected chi connectivity index (χ1v) is 7.36. The lowest BCUT2D eigenvalue weighted by atomic mass is 10.2. The van der Waals surface area contributed by atoms with Gasteiger partial charge in [0.1, 0.15) is 0 Å². The minimum absolute atomic E-state index is 0.112. The van der Waals surface area contributed by atoms with E-state index in [9.17, 15) is 4.79 Å². The normalized spacial score (nSPS) is 10.7. The Morgan fingerprint density at radius 1 is 1.33 bits per heavy atom. The summed E-state index contributed by atoms with van der Waals surface area (Å²) in [6, 6.07) is 2.97. The molecule has 0 aliphatic heterocycles. The van der Waals surface area contributed by atoms with Gasteiger partial charge in [0.15, 0.2) is 5.69 Å². The molecule has 0 fully saturated rings. The molecular formula is C13H13Cl3N4O. The largest absolute Gasteiger partial charge is 0.395 e. The van der Waals surface area contributed by atoms with Crippen LogP contribution in [0.15, 0.2) is 12.1 Å². The molecule has 0 radical (unpaired) electrons. The second-order valence-electron chi connectivity index (χ2n) is 4.41. The van der Waals surface area contributed by atoms with Crippen LogP contribution in [-0.4, -0.2) is 16.1 Å². The molecular weight excluding hydrogens is 335 g/mol. The molecule has 2 rings (SSSR count). The maximum absolute atomic E-state index is 12.2. The first-order chi connectivity index (χ1) is 9.93. The molecule has 4 N–H and O–H groups in total. The zero-order chi connectivity index (χ0) is 15.6. The van der Waals surface area contributed by atoms with E-state index in [1.165, 1.54) is 12.1 Å². The molecule has 0 spiro atoms. The molecule has 1 aromatic heterocycles. The van der Waals surface area contributed by atoms with Crippen molar-refractivity contribution >= 4 is 52.1 Å². The SMILES string of the molecule is CCCc1[nH]nc(C(=O)Nc2c(Cl)cc(Cl)cc2Cl)c1N. The third kappa shape index (κ3) is 3.43. The number of nitrogens with two attached hydrogens (primary N) is 1. The number of hydrogen-bond donors (Lipinski definition) is 3. The standard InChI is InChI=1S/C13H13Cl3N4O/c1-2-3-9-10(17)12(20-19-9)13(21)18-11-7(15)4-6(14)5-8(11)16/h4-5H,2-3,17H2,1H3,(H,18,21)(H,19,20). The van der Waals surface area contributed by atoms with Gasteiger partial charge in [-0.3, -0.25) is 9.89 Å². The molecule has 0 saturated heterocycles. The number of anilines is 2. The molecule has 5 nitrogen and oxygen atoms in total. The summed E-state index contributed by atoms with van der Waals surface area (Å²) in [5.74, 6) is -0.489. The van der Waals surface area contributed by atoms with Crippen LogP contribution in [0, 0.1) is 0 Å². The highest BCUT2D eigenvalue weighted by atomic mass is 35.5. The highest BCUT2D eigenvalue weighted by Crippen LogP contribution is 2.34. The van der Waals surface area contributed by atoms with Gasteiger partial charge in [0.2, 0.25) is 0 Å². The van der Waals surface area contributed by atoms with Gasteiger partial charge in [-0.05, 0) is 18.6 Å². The number of benzene rings is 1. The molecule has 0 bridgehead atoms. The fraction of sp³-hybridized carbons (Fsp3) is 0.231. The molecule has 1 amide bonds. The number of amides is 1. The number of nitrogens with zero attached hydrogens (tertiary/aromatic N) is 1. The highest BCUT2D eigenvalue weighted by Gasteiger charge is 2.19. The van der Waals surface area contributed by atoms with Crippen molar-refractivity contribution in [1.82, 2.24) is 10.2 Å². The van der Waals surface area contributed by atoms with Gasteiger partial charge >= 0.3 is 0 Å². The van der Waals surface area contributed by atoms with Gasteiger partial charge in [0.25, 0.3) is 5.91 Å². The van der Waals surface area contributed by atoms with Gasteiger partial charge in [-0.25, -0.2) is 0 Å². The first-order valence-electron chi connectivity index (χ1n) is 6.22. The lowest BCUT2D eigenvalue weighted by molar-refractivity contribution is 0.102. The maximum atomic E-state index is 12.2. The molecule has 8 heteroatoms. The van der Waals surface area contributed by atoms with Crippen molar-refractivity contribution in [2.75, 3.05) is 11.1 Å². The van der Waals surface area contributed by atoms with E-state index >= 15 is 0 Å². The lowest BCUT2D eigenvalue weighted by Crippen LogP contribution is -2.15. The molecule has 0 aliphatic rings. The number of nitrogens with one attached hydrogen (secondary N) is 2. The molecule has 0 atom stereocenters. The Bertz CT molecular complexity index is 661. The summed E-state index contributed by atoms with van der Waals surface area (Å²) in [6.45, 7) is 2.01. The average Bonchev–Trinajstić information content (AvgIpc) is 2.76. The lowest BCUT2D eigenvalue weighted by Gasteiger charge is -2.09. The van der Waals surface area contributed by atoms with Crippen LogP contribution in [-0.2, 0) is 6.42 Å². The predicted molar refractivity (Wildman–Crippen MR) is 86.4 cm³/mol. The number of carbonyl (C=O) groups excluding carboxylic acids is 1. The highest BCUT2D eigenvalue weighted by molar-refractivity contribution is 6.42. The number of nitrogen functional groups attached to an aromatic ring is 1. The zero-order valence-corrected chi connectivity index (χ0v) is 13.4. The number of halogens is 3. The molecule has 0 unspecified atom stereocenters. The zero-order valence-electron chi connectivity index (χ0n) is 11.1. The Balaban J connectivity index is 2.27. The van der Waals surface area contributed by atoms with Crippen molar-refractivity contribution in [2.45, 2.75) is 19.8 Å². The topological polar surface area (TPSA) is 83.8 Å². The number of aromatic amines is 1. The van der Waals surface area contributed by atoms with E-state index in [-0.39, 0.29) is 21.4 Å².